The summed E-state index contributed by atoms with van der Waals surface area (Å²) in [6.45, 7) is 0.662. The number of aliphatic carboxylic acids is 1. The highest BCUT2D eigenvalue weighted by Crippen LogP contribution is 2.38. The number of nitriles is 1. The van der Waals surface area contributed by atoms with Crippen molar-refractivity contribution >= 4 is 5.97 Å². The van der Waals surface area contributed by atoms with Gasteiger partial charge in [0.15, 0.2) is 0 Å². The molecule has 4 unspecified atom stereocenters. The second kappa shape index (κ2) is 3.58. The lowest BCUT2D eigenvalue weighted by molar-refractivity contribution is -0.145. The fourth-order valence-electron chi connectivity index (χ4n) is 2.86. The standard InChI is InChI=1S/C10H14N2O2/c11-4-6-5-12-8-3-1-2-7(9(6)8)10(13)14/h6-9,12H,1-3,5H2,(H,13,14). The third-order valence-electron chi connectivity index (χ3n) is 3.51. The van der Waals surface area contributed by atoms with Crippen LogP contribution in [0.25, 0.3) is 0 Å². The fourth-order valence-corrected chi connectivity index (χ4v) is 2.86. The van der Waals surface area contributed by atoms with Crippen molar-refractivity contribution in [3.8, 4) is 6.07 Å². The molecule has 0 spiro atoms. The Morgan fingerprint density at radius 3 is 2.93 bits per heavy atom. The predicted octanol–water partition coefficient (Wildman–Crippen LogP) is 0.599. The lowest BCUT2D eigenvalue weighted by atomic mass is 9.72. The second-order valence-corrected chi connectivity index (χ2v) is 4.20. The molecule has 1 aliphatic carbocycles. The molecule has 0 aromatic rings. The topological polar surface area (TPSA) is 73.1 Å². The van der Waals surface area contributed by atoms with Gasteiger partial charge < -0.3 is 10.4 Å². The number of carbonyl (C=O) groups is 1. The first-order valence-electron chi connectivity index (χ1n) is 5.10. The highest BCUT2D eigenvalue weighted by Gasteiger charge is 2.45. The van der Waals surface area contributed by atoms with Crippen LogP contribution >= 0.6 is 0 Å². The molecule has 14 heavy (non-hydrogen) atoms. The molecule has 1 heterocycles. The van der Waals surface area contributed by atoms with Crippen molar-refractivity contribution in [2.45, 2.75) is 25.3 Å². The Labute approximate surface area is 82.9 Å². The number of fused-ring (bicyclic) bond motifs is 1. The molecule has 0 amide bonds. The summed E-state index contributed by atoms with van der Waals surface area (Å²) < 4.78 is 0. The van der Waals surface area contributed by atoms with Crippen LogP contribution < -0.4 is 5.32 Å². The molecule has 2 aliphatic rings. The third-order valence-corrected chi connectivity index (χ3v) is 3.51. The van der Waals surface area contributed by atoms with Crippen molar-refractivity contribution in [2.75, 3.05) is 6.54 Å². The van der Waals surface area contributed by atoms with E-state index < -0.39 is 5.97 Å². The van der Waals surface area contributed by atoms with Crippen molar-refractivity contribution in [2.24, 2.45) is 17.8 Å². The van der Waals surface area contributed by atoms with Crippen LogP contribution in [0.3, 0.4) is 0 Å². The van der Waals surface area contributed by atoms with Gasteiger partial charge in [0, 0.05) is 18.5 Å². The van der Waals surface area contributed by atoms with E-state index in [4.69, 9.17) is 10.4 Å². The quantitative estimate of drug-likeness (QED) is 0.641. The molecule has 0 aromatic carbocycles. The van der Waals surface area contributed by atoms with E-state index >= 15 is 0 Å². The zero-order chi connectivity index (χ0) is 10.1. The normalized spacial score (nSPS) is 41.4. The second-order valence-electron chi connectivity index (χ2n) is 4.20. The van der Waals surface area contributed by atoms with Crippen LogP contribution in [0.1, 0.15) is 19.3 Å². The lowest BCUT2D eigenvalue weighted by Crippen LogP contribution is -2.39. The molecular weight excluding hydrogens is 180 g/mol. The third kappa shape index (κ3) is 1.38. The van der Waals surface area contributed by atoms with E-state index in [1.54, 1.807) is 0 Å². The van der Waals surface area contributed by atoms with Gasteiger partial charge in [-0.05, 0) is 12.8 Å². The van der Waals surface area contributed by atoms with Crippen molar-refractivity contribution in [1.29, 1.82) is 5.26 Å². The molecule has 1 aliphatic heterocycles. The van der Waals surface area contributed by atoms with Crippen LogP contribution in [0, 0.1) is 29.1 Å². The van der Waals surface area contributed by atoms with Crippen LogP contribution in [0.2, 0.25) is 0 Å². The Hall–Kier alpha value is -1.08. The van der Waals surface area contributed by atoms with E-state index in [0.717, 1.165) is 19.3 Å². The van der Waals surface area contributed by atoms with Gasteiger partial charge in [-0.15, -0.1) is 0 Å². The van der Waals surface area contributed by atoms with Crippen LogP contribution in [0.5, 0.6) is 0 Å². The fraction of sp³-hybridized carbons (Fsp3) is 0.800. The number of nitrogens with zero attached hydrogens (tertiary/aromatic N) is 1. The number of carboxylic acids is 1. The maximum Gasteiger partial charge on any atom is 0.306 e. The number of nitrogens with one attached hydrogen (secondary N) is 1. The summed E-state index contributed by atoms with van der Waals surface area (Å²) in [5.41, 5.74) is 0. The zero-order valence-electron chi connectivity index (χ0n) is 7.94. The van der Waals surface area contributed by atoms with Crippen LogP contribution in [-0.4, -0.2) is 23.7 Å². The SMILES string of the molecule is N#CC1CNC2CCCC(C(=O)O)C12. The average molecular weight is 194 g/mol. The molecule has 0 aromatic heterocycles. The number of rotatable bonds is 1. The molecule has 0 radical (unpaired) electrons. The summed E-state index contributed by atoms with van der Waals surface area (Å²) in [6.07, 6.45) is 2.71. The maximum absolute atomic E-state index is 11.0. The molecule has 4 nitrogen and oxygen atoms in total. The zero-order valence-corrected chi connectivity index (χ0v) is 7.94. The van der Waals surface area contributed by atoms with E-state index in [9.17, 15) is 4.79 Å². The van der Waals surface area contributed by atoms with E-state index in [1.807, 2.05) is 0 Å². The Morgan fingerprint density at radius 1 is 1.50 bits per heavy atom. The van der Waals surface area contributed by atoms with E-state index in [-0.39, 0.29) is 23.8 Å². The van der Waals surface area contributed by atoms with Gasteiger partial charge in [0.2, 0.25) is 0 Å². The number of hydrogen-bond acceptors (Lipinski definition) is 3. The Morgan fingerprint density at radius 2 is 2.29 bits per heavy atom. The van der Waals surface area contributed by atoms with Gasteiger partial charge in [-0.3, -0.25) is 4.79 Å². The van der Waals surface area contributed by atoms with Crippen molar-refractivity contribution < 1.29 is 9.90 Å². The first-order chi connectivity index (χ1) is 6.74. The minimum Gasteiger partial charge on any atom is -0.481 e. The number of hydrogen-bond donors (Lipinski definition) is 2. The highest BCUT2D eigenvalue weighted by molar-refractivity contribution is 5.70. The number of carboxylic acid groups (broad SMARTS) is 1. The van der Waals surface area contributed by atoms with Crippen molar-refractivity contribution in [1.82, 2.24) is 5.32 Å². The Kier molecular flexibility index (Phi) is 2.42. The summed E-state index contributed by atoms with van der Waals surface area (Å²) in [6, 6.07) is 2.48. The summed E-state index contributed by atoms with van der Waals surface area (Å²) >= 11 is 0. The van der Waals surface area contributed by atoms with Gasteiger partial charge >= 0.3 is 5.97 Å². The molecule has 4 heteroatoms. The van der Waals surface area contributed by atoms with E-state index in [2.05, 4.69) is 11.4 Å². The van der Waals surface area contributed by atoms with Gasteiger partial charge in [0.1, 0.15) is 0 Å². The molecule has 2 fully saturated rings. The molecule has 4 atom stereocenters. The average Bonchev–Trinajstić information content (AvgIpc) is 2.59. The Bertz CT molecular complexity index is 284. The molecule has 2 N–H and O–H groups in total. The molecule has 1 saturated heterocycles. The molecule has 2 rings (SSSR count). The molecule has 76 valence electrons. The minimum atomic E-state index is -0.733. The van der Waals surface area contributed by atoms with Crippen LogP contribution in [0.15, 0.2) is 0 Å². The summed E-state index contributed by atoms with van der Waals surface area (Å²) in [4.78, 5) is 11.0. The van der Waals surface area contributed by atoms with Crippen LogP contribution in [-0.2, 0) is 4.79 Å². The highest BCUT2D eigenvalue weighted by atomic mass is 16.4. The minimum absolute atomic E-state index is 0.0336. The van der Waals surface area contributed by atoms with Gasteiger partial charge in [-0.2, -0.15) is 5.26 Å². The maximum atomic E-state index is 11.0. The largest absolute Gasteiger partial charge is 0.481 e. The lowest BCUT2D eigenvalue weighted by Gasteiger charge is -2.31. The van der Waals surface area contributed by atoms with Crippen LogP contribution in [0.4, 0.5) is 0 Å². The summed E-state index contributed by atoms with van der Waals surface area (Å²) in [5.74, 6) is -1.12. The molecule has 1 saturated carbocycles. The monoisotopic (exact) mass is 194 g/mol. The smallest absolute Gasteiger partial charge is 0.306 e. The van der Waals surface area contributed by atoms with Gasteiger partial charge in [-0.25, -0.2) is 0 Å². The van der Waals surface area contributed by atoms with Gasteiger partial charge in [-0.1, -0.05) is 6.42 Å². The van der Waals surface area contributed by atoms with Crippen molar-refractivity contribution in [3.05, 3.63) is 0 Å². The van der Waals surface area contributed by atoms with Crippen molar-refractivity contribution in [3.63, 3.8) is 0 Å². The first-order valence-corrected chi connectivity index (χ1v) is 5.10. The van der Waals surface area contributed by atoms with Gasteiger partial charge in [0.25, 0.3) is 0 Å². The summed E-state index contributed by atoms with van der Waals surface area (Å²) in [7, 11) is 0. The summed E-state index contributed by atoms with van der Waals surface area (Å²) in [5, 5.41) is 21.2. The molecular formula is C10H14N2O2. The first kappa shape index (κ1) is 9.47. The van der Waals surface area contributed by atoms with E-state index in [1.165, 1.54) is 0 Å². The Balaban J connectivity index is 2.19. The van der Waals surface area contributed by atoms with E-state index in [0.29, 0.717) is 6.54 Å². The van der Waals surface area contributed by atoms with Gasteiger partial charge in [0.05, 0.1) is 17.9 Å². The molecule has 0 bridgehead atoms. The predicted molar refractivity (Wildman–Crippen MR) is 49.4 cm³/mol.